The zero-order chi connectivity index (χ0) is 25.6. The van der Waals surface area contributed by atoms with Crippen LogP contribution >= 0.6 is 22.9 Å². The summed E-state index contributed by atoms with van der Waals surface area (Å²) in [4.78, 5) is 29.3. The van der Waals surface area contributed by atoms with Crippen LogP contribution in [0.5, 0.6) is 0 Å². The molecule has 5 rings (SSSR count). The molecule has 37 heavy (non-hydrogen) atoms. The van der Waals surface area contributed by atoms with Crippen LogP contribution in [-0.2, 0) is 11.2 Å². The molecule has 1 fully saturated rings. The highest BCUT2D eigenvalue weighted by Crippen LogP contribution is 2.37. The number of ether oxygens (including phenoxy) is 1. The zero-order valence-corrected chi connectivity index (χ0v) is 21.5. The van der Waals surface area contributed by atoms with Crippen molar-refractivity contribution in [2.45, 2.75) is 6.42 Å². The molecule has 0 spiro atoms. The summed E-state index contributed by atoms with van der Waals surface area (Å²) in [6, 6.07) is 14.9. The fourth-order valence-corrected chi connectivity index (χ4v) is 5.14. The molecule has 0 saturated carbocycles. The van der Waals surface area contributed by atoms with E-state index in [1.54, 1.807) is 60.0 Å². The number of morpholine rings is 1. The molecule has 2 aromatic heterocycles. The number of aromatic nitrogens is 3. The quantitative estimate of drug-likeness (QED) is 0.246. The van der Waals surface area contributed by atoms with E-state index in [0.29, 0.717) is 27.2 Å². The Morgan fingerprint density at radius 1 is 1.16 bits per heavy atom. The first-order valence-electron chi connectivity index (χ1n) is 11.8. The third-order valence-electron chi connectivity index (χ3n) is 5.88. The molecule has 9 nitrogen and oxygen atoms in total. The summed E-state index contributed by atoms with van der Waals surface area (Å²) >= 11 is 7.49. The molecule has 2 amide bonds. The van der Waals surface area contributed by atoms with Crippen molar-refractivity contribution in [1.82, 2.24) is 19.9 Å². The summed E-state index contributed by atoms with van der Waals surface area (Å²) in [6.07, 6.45) is 3.99. The molecule has 1 aliphatic heterocycles. The number of urea groups is 1. The third kappa shape index (κ3) is 6.30. The highest BCUT2D eigenvalue weighted by atomic mass is 35.5. The molecule has 2 aromatic carbocycles. The Balaban J connectivity index is 1.39. The number of benzene rings is 2. The molecule has 11 heteroatoms. The van der Waals surface area contributed by atoms with E-state index in [9.17, 15) is 10.0 Å². The first kappa shape index (κ1) is 25.2. The molecule has 0 atom stereocenters. The van der Waals surface area contributed by atoms with Gasteiger partial charge in [-0.2, -0.15) is 5.06 Å². The van der Waals surface area contributed by atoms with Gasteiger partial charge in [-0.05, 0) is 48.0 Å². The summed E-state index contributed by atoms with van der Waals surface area (Å²) < 4.78 is 5.45. The second-order valence-corrected chi connectivity index (χ2v) is 9.90. The van der Waals surface area contributed by atoms with Crippen LogP contribution in [0.25, 0.3) is 21.8 Å². The summed E-state index contributed by atoms with van der Waals surface area (Å²) in [5.74, 6) is 0. The molecule has 0 radical (unpaired) electrons. The van der Waals surface area contributed by atoms with Crippen molar-refractivity contribution in [3.63, 3.8) is 0 Å². The van der Waals surface area contributed by atoms with Crippen molar-refractivity contribution in [2.24, 2.45) is 0 Å². The van der Waals surface area contributed by atoms with Crippen LogP contribution in [-0.4, -0.2) is 63.9 Å². The summed E-state index contributed by atoms with van der Waals surface area (Å²) in [5, 5.41) is 15.4. The number of thiazole rings is 1. The standard InChI is InChI=1S/C26H25ClN6O3S/c27-19-4-6-20(7-5-19)30-26(34)33(35)21-3-1-2-18(16-21)25-24(22-8-10-28-17-29-22)31-23(37-25)9-11-32-12-14-36-15-13-32/h1-8,10,16-17,35H,9,11-15H2,(H,30,34). The largest absolute Gasteiger partial charge is 0.379 e. The molecule has 1 aliphatic rings. The van der Waals surface area contributed by atoms with Gasteiger partial charge < -0.3 is 10.1 Å². The molecule has 0 bridgehead atoms. The fourth-order valence-electron chi connectivity index (χ4n) is 3.96. The number of carbonyl (C=O) groups is 1. The van der Waals surface area contributed by atoms with Crippen LogP contribution in [0.4, 0.5) is 16.2 Å². The summed E-state index contributed by atoms with van der Waals surface area (Å²) in [7, 11) is 0. The van der Waals surface area contributed by atoms with Crippen LogP contribution in [0, 0.1) is 0 Å². The summed E-state index contributed by atoms with van der Waals surface area (Å²) in [6.45, 7) is 4.25. The fraction of sp³-hybridized carbons (Fsp3) is 0.231. The maximum atomic E-state index is 12.7. The van der Waals surface area contributed by atoms with E-state index in [-0.39, 0.29) is 0 Å². The Hall–Kier alpha value is -3.41. The molecule has 1 saturated heterocycles. The number of hydrogen-bond donors (Lipinski definition) is 2. The number of halogens is 1. The Morgan fingerprint density at radius 2 is 1.97 bits per heavy atom. The van der Waals surface area contributed by atoms with Crippen molar-refractivity contribution in [3.05, 3.63) is 77.2 Å². The normalized spacial score (nSPS) is 13.9. The van der Waals surface area contributed by atoms with Gasteiger partial charge in [-0.15, -0.1) is 11.3 Å². The van der Waals surface area contributed by atoms with Gasteiger partial charge in [0.15, 0.2) is 0 Å². The summed E-state index contributed by atoms with van der Waals surface area (Å²) in [5.41, 5.74) is 3.12. The molecule has 2 N–H and O–H groups in total. The number of hydroxylamine groups is 1. The number of nitrogens with zero attached hydrogens (tertiary/aromatic N) is 5. The zero-order valence-electron chi connectivity index (χ0n) is 19.9. The molecule has 3 heterocycles. The van der Waals surface area contributed by atoms with Crippen LogP contribution in [0.1, 0.15) is 5.01 Å². The first-order valence-corrected chi connectivity index (χ1v) is 13.0. The number of rotatable bonds is 7. The smallest absolute Gasteiger partial charge is 0.350 e. The van der Waals surface area contributed by atoms with E-state index in [4.69, 9.17) is 21.3 Å². The van der Waals surface area contributed by atoms with Crippen LogP contribution < -0.4 is 10.4 Å². The van der Waals surface area contributed by atoms with E-state index >= 15 is 0 Å². The van der Waals surface area contributed by atoms with E-state index in [0.717, 1.165) is 60.4 Å². The molecule has 0 aliphatic carbocycles. The average molecular weight is 537 g/mol. The second kappa shape index (κ2) is 11.8. The Kier molecular flexibility index (Phi) is 8.02. The van der Waals surface area contributed by atoms with Gasteiger partial charge in [0.05, 0.1) is 34.5 Å². The lowest BCUT2D eigenvalue weighted by Gasteiger charge is -2.25. The maximum Gasteiger partial charge on any atom is 0.350 e. The van der Waals surface area contributed by atoms with Gasteiger partial charge in [-0.1, -0.05) is 23.7 Å². The molecular weight excluding hydrogens is 512 g/mol. The lowest BCUT2D eigenvalue weighted by atomic mass is 10.1. The van der Waals surface area contributed by atoms with Crippen LogP contribution in [0.15, 0.2) is 67.1 Å². The minimum atomic E-state index is -0.689. The number of amides is 2. The third-order valence-corrected chi connectivity index (χ3v) is 7.30. The minimum absolute atomic E-state index is 0.320. The highest BCUT2D eigenvalue weighted by molar-refractivity contribution is 7.15. The first-order chi connectivity index (χ1) is 18.1. The van der Waals surface area contributed by atoms with E-state index in [1.165, 1.54) is 6.33 Å². The van der Waals surface area contributed by atoms with Gasteiger partial charge in [0.25, 0.3) is 0 Å². The molecular formula is C26H25ClN6O3S. The van der Waals surface area contributed by atoms with Gasteiger partial charge in [-0.3, -0.25) is 10.1 Å². The second-order valence-electron chi connectivity index (χ2n) is 8.38. The Labute approximate surface area is 223 Å². The predicted molar refractivity (Wildman–Crippen MR) is 144 cm³/mol. The Morgan fingerprint density at radius 3 is 2.73 bits per heavy atom. The lowest BCUT2D eigenvalue weighted by molar-refractivity contribution is 0.0384. The molecule has 4 aromatic rings. The minimum Gasteiger partial charge on any atom is -0.379 e. The van der Waals surface area contributed by atoms with Gasteiger partial charge in [0, 0.05) is 43.0 Å². The average Bonchev–Trinajstić information content (AvgIpc) is 3.38. The topological polar surface area (TPSA) is 104 Å². The highest BCUT2D eigenvalue weighted by Gasteiger charge is 2.20. The van der Waals surface area contributed by atoms with Crippen molar-refractivity contribution in [3.8, 4) is 21.8 Å². The molecule has 0 unspecified atom stereocenters. The van der Waals surface area contributed by atoms with E-state index in [1.807, 2.05) is 12.1 Å². The van der Waals surface area contributed by atoms with Crippen LogP contribution in [0.2, 0.25) is 5.02 Å². The van der Waals surface area contributed by atoms with Crippen molar-refractivity contribution in [1.29, 1.82) is 0 Å². The predicted octanol–water partition coefficient (Wildman–Crippen LogP) is 5.22. The van der Waals surface area contributed by atoms with Crippen molar-refractivity contribution < 1.29 is 14.7 Å². The monoisotopic (exact) mass is 536 g/mol. The van der Waals surface area contributed by atoms with Gasteiger partial charge >= 0.3 is 6.03 Å². The van der Waals surface area contributed by atoms with E-state index < -0.39 is 6.03 Å². The number of carbonyl (C=O) groups excluding carboxylic acids is 1. The number of nitrogens with one attached hydrogen (secondary N) is 1. The SMILES string of the molecule is O=C(Nc1ccc(Cl)cc1)N(O)c1cccc(-c2sc(CCN3CCOCC3)nc2-c2ccncn2)c1. The number of hydrogen-bond acceptors (Lipinski definition) is 8. The lowest BCUT2D eigenvalue weighted by Crippen LogP contribution is -2.37. The van der Waals surface area contributed by atoms with Crippen LogP contribution in [0.3, 0.4) is 0 Å². The van der Waals surface area contributed by atoms with Gasteiger partial charge in [0.2, 0.25) is 0 Å². The number of anilines is 2. The van der Waals surface area contributed by atoms with Gasteiger partial charge in [-0.25, -0.2) is 19.7 Å². The Bertz CT molecular complexity index is 1350. The van der Waals surface area contributed by atoms with E-state index in [2.05, 4.69) is 20.2 Å². The van der Waals surface area contributed by atoms with Crippen molar-refractivity contribution >= 4 is 40.3 Å². The molecule has 190 valence electrons. The van der Waals surface area contributed by atoms with Gasteiger partial charge in [0.1, 0.15) is 12.0 Å². The van der Waals surface area contributed by atoms with Crippen molar-refractivity contribution in [2.75, 3.05) is 43.2 Å². The maximum absolute atomic E-state index is 12.7.